The molecule has 0 unspecified atom stereocenters. The molecule has 0 bridgehead atoms. The number of carbonyl (C=O) groups is 2. The standard InChI is InChI=1S/C19H19NO2/c1-2-14-8-9-17-16(12-14)18(21)10-11-20(17)13-19(22)15-6-4-3-5-7-15/h3-9,12H,2,10-11,13H2,1H3. The van der Waals surface area contributed by atoms with Gasteiger partial charge in [-0.2, -0.15) is 0 Å². The van der Waals surface area contributed by atoms with E-state index in [4.69, 9.17) is 0 Å². The summed E-state index contributed by atoms with van der Waals surface area (Å²) in [6.07, 6.45) is 1.38. The molecule has 0 atom stereocenters. The van der Waals surface area contributed by atoms with E-state index in [-0.39, 0.29) is 11.6 Å². The lowest BCUT2D eigenvalue weighted by atomic mass is 9.96. The van der Waals surface area contributed by atoms with Gasteiger partial charge in [0, 0.05) is 29.8 Å². The third-order valence-corrected chi connectivity index (χ3v) is 4.15. The molecule has 2 aromatic rings. The van der Waals surface area contributed by atoms with Gasteiger partial charge < -0.3 is 4.90 Å². The SMILES string of the molecule is CCc1ccc2c(c1)C(=O)CCN2CC(=O)c1ccccc1. The molecule has 0 aliphatic carbocycles. The first kappa shape index (κ1) is 14.5. The molecule has 3 nitrogen and oxygen atoms in total. The molecule has 0 aromatic heterocycles. The van der Waals surface area contributed by atoms with Crippen molar-refractivity contribution in [2.24, 2.45) is 0 Å². The van der Waals surface area contributed by atoms with E-state index in [1.807, 2.05) is 53.4 Å². The van der Waals surface area contributed by atoms with Crippen LogP contribution in [0.15, 0.2) is 48.5 Å². The summed E-state index contributed by atoms with van der Waals surface area (Å²) in [5, 5.41) is 0. The predicted molar refractivity (Wildman–Crippen MR) is 87.8 cm³/mol. The van der Waals surface area contributed by atoms with E-state index in [2.05, 4.69) is 6.92 Å². The number of carbonyl (C=O) groups excluding carboxylic acids is 2. The van der Waals surface area contributed by atoms with Crippen molar-refractivity contribution in [3.63, 3.8) is 0 Å². The number of hydrogen-bond acceptors (Lipinski definition) is 3. The lowest BCUT2D eigenvalue weighted by Crippen LogP contribution is -2.36. The van der Waals surface area contributed by atoms with Crippen LogP contribution < -0.4 is 4.90 Å². The van der Waals surface area contributed by atoms with Gasteiger partial charge in [0.15, 0.2) is 11.6 Å². The Morgan fingerprint density at radius 2 is 1.91 bits per heavy atom. The minimum absolute atomic E-state index is 0.0838. The number of Topliss-reactive ketones (excluding diaryl/α,β-unsaturated/α-hetero) is 2. The molecule has 0 saturated carbocycles. The van der Waals surface area contributed by atoms with Gasteiger partial charge in [0.05, 0.1) is 6.54 Å². The number of rotatable bonds is 4. The molecule has 1 heterocycles. The zero-order valence-corrected chi connectivity index (χ0v) is 12.7. The summed E-state index contributed by atoms with van der Waals surface area (Å²) < 4.78 is 0. The fraction of sp³-hybridized carbons (Fsp3) is 0.263. The van der Waals surface area contributed by atoms with Crippen LogP contribution in [0.25, 0.3) is 0 Å². The molecule has 112 valence electrons. The van der Waals surface area contributed by atoms with Crippen LogP contribution in [0.1, 0.15) is 39.6 Å². The smallest absolute Gasteiger partial charge is 0.182 e. The Labute approximate surface area is 130 Å². The molecule has 1 aliphatic heterocycles. The van der Waals surface area contributed by atoms with Crippen molar-refractivity contribution in [1.82, 2.24) is 0 Å². The molecular weight excluding hydrogens is 274 g/mol. The molecule has 1 aliphatic rings. The van der Waals surface area contributed by atoms with E-state index < -0.39 is 0 Å². The first-order chi connectivity index (χ1) is 10.7. The summed E-state index contributed by atoms with van der Waals surface area (Å²) in [5.74, 6) is 0.258. The van der Waals surface area contributed by atoms with Crippen LogP contribution in [0.2, 0.25) is 0 Å². The Morgan fingerprint density at radius 1 is 1.14 bits per heavy atom. The maximum Gasteiger partial charge on any atom is 0.182 e. The average Bonchev–Trinajstić information content (AvgIpc) is 2.58. The van der Waals surface area contributed by atoms with E-state index in [1.165, 1.54) is 0 Å². The molecule has 0 radical (unpaired) electrons. The molecule has 0 fully saturated rings. The highest BCUT2D eigenvalue weighted by Gasteiger charge is 2.24. The van der Waals surface area contributed by atoms with Gasteiger partial charge in [-0.05, 0) is 24.1 Å². The fourth-order valence-corrected chi connectivity index (χ4v) is 2.85. The van der Waals surface area contributed by atoms with Crippen molar-refractivity contribution in [2.75, 3.05) is 18.0 Å². The van der Waals surface area contributed by atoms with Gasteiger partial charge in [-0.15, -0.1) is 0 Å². The molecular formula is C19H19NO2. The minimum atomic E-state index is 0.0838. The number of fused-ring (bicyclic) bond motifs is 1. The number of ketones is 2. The molecule has 3 rings (SSSR count). The Kier molecular flexibility index (Phi) is 4.05. The van der Waals surface area contributed by atoms with E-state index in [9.17, 15) is 9.59 Å². The second-order valence-corrected chi connectivity index (χ2v) is 5.59. The number of anilines is 1. The van der Waals surface area contributed by atoms with Gasteiger partial charge >= 0.3 is 0 Å². The summed E-state index contributed by atoms with van der Waals surface area (Å²) in [5.41, 5.74) is 3.51. The highest BCUT2D eigenvalue weighted by molar-refractivity contribution is 6.05. The summed E-state index contributed by atoms with van der Waals surface area (Å²) in [7, 11) is 0. The van der Waals surface area contributed by atoms with Gasteiger partial charge in [-0.3, -0.25) is 9.59 Å². The van der Waals surface area contributed by atoms with E-state index in [0.29, 0.717) is 25.1 Å². The lowest BCUT2D eigenvalue weighted by molar-refractivity contribution is 0.0962. The Morgan fingerprint density at radius 3 is 2.64 bits per heavy atom. The largest absolute Gasteiger partial charge is 0.363 e. The van der Waals surface area contributed by atoms with Crippen LogP contribution in [0.5, 0.6) is 0 Å². The van der Waals surface area contributed by atoms with Crippen LogP contribution in [-0.2, 0) is 6.42 Å². The van der Waals surface area contributed by atoms with E-state index in [1.54, 1.807) is 0 Å². The molecule has 3 heteroatoms. The second kappa shape index (κ2) is 6.14. The summed E-state index contributed by atoms with van der Waals surface area (Å²) in [4.78, 5) is 26.6. The van der Waals surface area contributed by atoms with E-state index in [0.717, 1.165) is 23.2 Å². The van der Waals surface area contributed by atoms with Gasteiger partial charge in [0.1, 0.15) is 0 Å². The third kappa shape index (κ3) is 2.80. The minimum Gasteiger partial charge on any atom is -0.363 e. The summed E-state index contributed by atoms with van der Waals surface area (Å²) >= 11 is 0. The maximum atomic E-state index is 12.4. The molecule has 22 heavy (non-hydrogen) atoms. The van der Waals surface area contributed by atoms with Crippen LogP contribution in [0, 0.1) is 0 Å². The van der Waals surface area contributed by atoms with Gasteiger partial charge in [-0.25, -0.2) is 0 Å². The molecule has 0 amide bonds. The molecule has 0 saturated heterocycles. The van der Waals surface area contributed by atoms with Crippen molar-refractivity contribution < 1.29 is 9.59 Å². The zero-order chi connectivity index (χ0) is 15.5. The highest BCUT2D eigenvalue weighted by atomic mass is 16.1. The summed E-state index contributed by atoms with van der Waals surface area (Å²) in [6, 6.07) is 15.3. The molecule has 2 aromatic carbocycles. The van der Waals surface area contributed by atoms with Crippen molar-refractivity contribution in [2.45, 2.75) is 19.8 Å². The van der Waals surface area contributed by atoms with Crippen LogP contribution in [0.4, 0.5) is 5.69 Å². The Hall–Kier alpha value is -2.42. The van der Waals surface area contributed by atoms with Crippen molar-refractivity contribution >= 4 is 17.3 Å². The molecule has 0 N–H and O–H groups in total. The monoisotopic (exact) mass is 293 g/mol. The lowest BCUT2D eigenvalue weighted by Gasteiger charge is -2.30. The van der Waals surface area contributed by atoms with Crippen LogP contribution in [0.3, 0.4) is 0 Å². The number of aryl methyl sites for hydroxylation is 1. The third-order valence-electron chi connectivity index (χ3n) is 4.15. The van der Waals surface area contributed by atoms with Crippen LogP contribution in [-0.4, -0.2) is 24.7 Å². The van der Waals surface area contributed by atoms with Gasteiger partial charge in [-0.1, -0.05) is 43.3 Å². The Balaban J connectivity index is 1.86. The van der Waals surface area contributed by atoms with Crippen LogP contribution >= 0.6 is 0 Å². The highest BCUT2D eigenvalue weighted by Crippen LogP contribution is 2.28. The van der Waals surface area contributed by atoms with E-state index >= 15 is 0 Å². The maximum absolute atomic E-state index is 12.4. The number of nitrogens with zero attached hydrogens (tertiary/aromatic N) is 1. The molecule has 0 spiro atoms. The number of benzene rings is 2. The van der Waals surface area contributed by atoms with Crippen molar-refractivity contribution in [3.05, 3.63) is 65.2 Å². The van der Waals surface area contributed by atoms with Gasteiger partial charge in [0.2, 0.25) is 0 Å². The number of hydrogen-bond donors (Lipinski definition) is 0. The Bertz CT molecular complexity index is 707. The fourth-order valence-electron chi connectivity index (χ4n) is 2.85. The van der Waals surface area contributed by atoms with Gasteiger partial charge in [0.25, 0.3) is 0 Å². The summed E-state index contributed by atoms with van der Waals surface area (Å²) in [6.45, 7) is 3.00. The predicted octanol–water partition coefficient (Wildman–Crippen LogP) is 3.52. The topological polar surface area (TPSA) is 37.4 Å². The average molecular weight is 293 g/mol. The normalized spacial score (nSPS) is 13.9. The second-order valence-electron chi connectivity index (χ2n) is 5.59. The van der Waals surface area contributed by atoms with Crippen molar-refractivity contribution in [3.8, 4) is 0 Å². The quantitative estimate of drug-likeness (QED) is 0.809. The first-order valence-electron chi connectivity index (χ1n) is 7.68. The first-order valence-corrected chi connectivity index (χ1v) is 7.68. The van der Waals surface area contributed by atoms with Crippen molar-refractivity contribution in [1.29, 1.82) is 0 Å². The zero-order valence-electron chi connectivity index (χ0n) is 12.7.